The Kier molecular flexibility index (Phi) is 7.89. The number of carbonyl (C=O) groups excluding carboxylic acids is 1. The molecule has 47 heavy (non-hydrogen) atoms. The first kappa shape index (κ1) is 30.7. The number of piperazine rings is 1. The molecule has 4 aliphatic rings. The van der Waals surface area contributed by atoms with Crippen molar-refractivity contribution in [1.82, 2.24) is 19.8 Å². The third-order valence-corrected chi connectivity index (χ3v) is 11.2. The first-order valence-electron chi connectivity index (χ1n) is 17.0. The van der Waals surface area contributed by atoms with Gasteiger partial charge in [-0.05, 0) is 81.8 Å². The van der Waals surface area contributed by atoms with Crippen molar-refractivity contribution in [2.24, 2.45) is 0 Å². The van der Waals surface area contributed by atoms with E-state index < -0.39 is 5.60 Å². The molecule has 4 unspecified atom stereocenters. The number of hydrogen-bond acceptors (Lipinski definition) is 10. The van der Waals surface area contributed by atoms with Crippen LogP contribution in [0.1, 0.15) is 52.9 Å². The molecule has 0 spiro atoms. The van der Waals surface area contributed by atoms with Gasteiger partial charge in [0.1, 0.15) is 11.4 Å². The molecule has 1 amide bonds. The van der Waals surface area contributed by atoms with Gasteiger partial charge in [0.25, 0.3) is 0 Å². The molecule has 4 aromatic rings. The van der Waals surface area contributed by atoms with Gasteiger partial charge in [0.2, 0.25) is 0 Å². The molecule has 4 bridgehead atoms. The zero-order valence-corrected chi connectivity index (χ0v) is 28.2. The van der Waals surface area contributed by atoms with Crippen LogP contribution >= 0.6 is 11.3 Å². The van der Waals surface area contributed by atoms with Gasteiger partial charge in [-0.3, -0.25) is 9.80 Å². The highest BCUT2D eigenvalue weighted by molar-refractivity contribution is 7.22. The third kappa shape index (κ3) is 5.98. The lowest BCUT2D eigenvalue weighted by Gasteiger charge is -2.41. The molecule has 0 aliphatic carbocycles. The number of ether oxygens (including phenoxy) is 3. The number of phenolic OH excluding ortho intramolecular Hbond substituents is 1. The Morgan fingerprint density at radius 3 is 2.47 bits per heavy atom. The highest BCUT2D eigenvalue weighted by Crippen LogP contribution is 2.43. The lowest BCUT2D eigenvalue weighted by Crippen LogP contribution is -2.57. The number of thiophene rings is 1. The normalized spacial score (nSPS) is 24.4. The molecule has 248 valence electrons. The largest absolute Gasteiger partial charge is 0.508 e. The van der Waals surface area contributed by atoms with E-state index in [9.17, 15) is 9.90 Å². The summed E-state index contributed by atoms with van der Waals surface area (Å²) in [5, 5.41) is 12.7. The van der Waals surface area contributed by atoms with Gasteiger partial charge in [-0.2, -0.15) is 9.97 Å². The van der Waals surface area contributed by atoms with Gasteiger partial charge in [-0.1, -0.05) is 24.3 Å². The summed E-state index contributed by atoms with van der Waals surface area (Å²) in [7, 11) is 0. The summed E-state index contributed by atoms with van der Waals surface area (Å²) in [6.45, 7) is 10.3. The Morgan fingerprint density at radius 2 is 1.72 bits per heavy atom. The van der Waals surface area contributed by atoms with E-state index in [1.165, 1.54) is 12.8 Å². The number of anilines is 1. The van der Waals surface area contributed by atoms with Crippen LogP contribution in [0.15, 0.2) is 42.5 Å². The quantitative estimate of drug-likeness (QED) is 0.225. The minimum Gasteiger partial charge on any atom is -0.508 e. The van der Waals surface area contributed by atoms with Gasteiger partial charge < -0.3 is 24.2 Å². The average molecular weight is 658 g/mol. The van der Waals surface area contributed by atoms with Gasteiger partial charge in [-0.15, -0.1) is 11.3 Å². The summed E-state index contributed by atoms with van der Waals surface area (Å²) >= 11 is 1.64. The zero-order chi connectivity index (χ0) is 32.3. The molecule has 2 aromatic carbocycles. The topological polar surface area (TPSA) is 100 Å². The Balaban J connectivity index is 1.09. The molecule has 4 aliphatic heterocycles. The first-order valence-corrected chi connectivity index (χ1v) is 17.8. The number of morpholine rings is 1. The van der Waals surface area contributed by atoms with Crippen LogP contribution in [0.2, 0.25) is 0 Å². The number of benzene rings is 2. The third-order valence-electron chi connectivity index (χ3n) is 10.0. The van der Waals surface area contributed by atoms with Crippen LogP contribution in [-0.2, 0) is 9.47 Å². The second kappa shape index (κ2) is 12.1. The Hall–Kier alpha value is -3.67. The van der Waals surface area contributed by atoms with Crippen LogP contribution in [0.3, 0.4) is 0 Å². The fourth-order valence-electron chi connectivity index (χ4n) is 7.98. The van der Waals surface area contributed by atoms with Crippen molar-refractivity contribution in [3.05, 3.63) is 42.5 Å². The Morgan fingerprint density at radius 1 is 1.00 bits per heavy atom. The first-order chi connectivity index (χ1) is 22.7. The lowest BCUT2D eigenvalue weighted by molar-refractivity contribution is -0.0161. The molecular formula is C36H43N5O5S. The number of hydrogen-bond donors (Lipinski definition) is 1. The van der Waals surface area contributed by atoms with E-state index in [1.54, 1.807) is 17.4 Å². The van der Waals surface area contributed by atoms with E-state index in [0.29, 0.717) is 37.8 Å². The molecule has 1 N–H and O–H groups in total. The summed E-state index contributed by atoms with van der Waals surface area (Å²) in [6.07, 6.45) is 4.97. The summed E-state index contributed by atoms with van der Waals surface area (Å²) in [5.41, 5.74) is 1.25. The van der Waals surface area contributed by atoms with Gasteiger partial charge in [0.05, 0.1) is 42.1 Å². The molecule has 0 saturated carbocycles. The van der Waals surface area contributed by atoms with Crippen molar-refractivity contribution >= 4 is 44.2 Å². The van der Waals surface area contributed by atoms with E-state index in [0.717, 1.165) is 76.3 Å². The number of nitrogens with zero attached hydrogens (tertiary/aromatic N) is 5. The summed E-state index contributed by atoms with van der Waals surface area (Å²) in [4.78, 5) is 31.0. The van der Waals surface area contributed by atoms with Crippen molar-refractivity contribution in [3.8, 4) is 22.2 Å². The molecule has 4 fully saturated rings. The second-order valence-corrected chi connectivity index (χ2v) is 15.5. The summed E-state index contributed by atoms with van der Waals surface area (Å²) in [5.74, 6) is 1.08. The molecule has 10 nitrogen and oxygen atoms in total. The van der Waals surface area contributed by atoms with Crippen molar-refractivity contribution in [2.45, 2.75) is 82.6 Å². The second-order valence-electron chi connectivity index (χ2n) is 14.4. The molecule has 4 atom stereocenters. The van der Waals surface area contributed by atoms with Crippen molar-refractivity contribution in [3.63, 3.8) is 0 Å². The van der Waals surface area contributed by atoms with Crippen LogP contribution in [0.5, 0.6) is 11.8 Å². The SMILES string of the molecule is CC(C)(C)OC(=O)N1C2CCC1CN(c1nc(OCCCN3C4CCC3COC4)nc3cc(-c4cc(O)cc5ccccc45)sc13)C2. The highest BCUT2D eigenvalue weighted by atomic mass is 32.1. The number of aromatic hydroxyl groups is 1. The number of aromatic nitrogens is 2. The molecule has 8 rings (SSSR count). The van der Waals surface area contributed by atoms with E-state index in [4.69, 9.17) is 24.2 Å². The van der Waals surface area contributed by atoms with Crippen LogP contribution in [0.25, 0.3) is 31.4 Å². The van der Waals surface area contributed by atoms with E-state index in [2.05, 4.69) is 21.9 Å². The maximum absolute atomic E-state index is 13.2. The lowest BCUT2D eigenvalue weighted by atomic mass is 10.0. The average Bonchev–Trinajstić information content (AvgIpc) is 3.64. The summed E-state index contributed by atoms with van der Waals surface area (Å²) in [6, 6.07) is 15.4. The van der Waals surface area contributed by atoms with Crippen LogP contribution in [-0.4, -0.2) is 100 Å². The predicted octanol–water partition coefficient (Wildman–Crippen LogP) is 6.44. The zero-order valence-electron chi connectivity index (χ0n) is 27.4. The number of carbonyl (C=O) groups is 1. The van der Waals surface area contributed by atoms with E-state index in [-0.39, 0.29) is 23.9 Å². The molecule has 0 radical (unpaired) electrons. The standard InChI is InChI=1S/C36H43N5O5S/c1-36(2,3)46-35(43)41-23-9-10-24(41)19-39(18-23)33-32-30(17-31(47-32)29-16-27(42)15-22-7-4-5-8-28(22)29)37-34(38-33)45-14-6-13-40-25-11-12-26(40)21-44-20-25/h4-5,7-8,15-17,23-26,42H,6,9-14,18-21H2,1-3H3. The van der Waals surface area contributed by atoms with E-state index >= 15 is 0 Å². The number of amides is 1. The molecule has 6 heterocycles. The van der Waals surface area contributed by atoms with Crippen molar-refractivity contribution in [2.75, 3.05) is 44.4 Å². The maximum atomic E-state index is 13.2. The predicted molar refractivity (Wildman–Crippen MR) is 184 cm³/mol. The molecular weight excluding hydrogens is 614 g/mol. The van der Waals surface area contributed by atoms with Gasteiger partial charge in [-0.25, -0.2) is 4.79 Å². The summed E-state index contributed by atoms with van der Waals surface area (Å²) < 4.78 is 18.8. The van der Waals surface area contributed by atoms with Gasteiger partial charge >= 0.3 is 12.1 Å². The number of rotatable bonds is 7. The van der Waals surface area contributed by atoms with E-state index in [1.807, 2.05) is 49.9 Å². The Labute approximate surface area is 279 Å². The van der Waals surface area contributed by atoms with Crippen LogP contribution < -0.4 is 9.64 Å². The van der Waals surface area contributed by atoms with Crippen molar-refractivity contribution < 1.29 is 24.1 Å². The fourth-order valence-corrected chi connectivity index (χ4v) is 9.13. The van der Waals surface area contributed by atoms with Crippen molar-refractivity contribution in [1.29, 1.82) is 0 Å². The molecule has 11 heteroatoms. The number of fused-ring (bicyclic) bond motifs is 6. The Bertz CT molecular complexity index is 1780. The van der Waals surface area contributed by atoms with Gasteiger partial charge in [0, 0.05) is 42.2 Å². The fraction of sp³-hybridized carbons (Fsp3) is 0.528. The molecule has 2 aromatic heterocycles. The molecule has 4 saturated heterocycles. The minimum absolute atomic E-state index is 0.0522. The number of phenols is 1. The smallest absolute Gasteiger partial charge is 0.410 e. The highest BCUT2D eigenvalue weighted by Gasteiger charge is 2.45. The minimum atomic E-state index is -0.538. The maximum Gasteiger partial charge on any atom is 0.410 e. The van der Waals surface area contributed by atoms with Crippen LogP contribution in [0.4, 0.5) is 10.6 Å². The monoisotopic (exact) mass is 657 g/mol. The van der Waals surface area contributed by atoms with Crippen LogP contribution in [0, 0.1) is 0 Å². The van der Waals surface area contributed by atoms with Gasteiger partial charge in [0.15, 0.2) is 5.82 Å².